The molecule has 1 aliphatic heterocycles. The van der Waals surface area contributed by atoms with Crippen molar-refractivity contribution in [2.24, 2.45) is 16.6 Å². The second kappa shape index (κ2) is 7.15. The first kappa shape index (κ1) is 19.9. The van der Waals surface area contributed by atoms with E-state index in [2.05, 4.69) is 20.3 Å². The van der Waals surface area contributed by atoms with Crippen LogP contribution in [0.5, 0.6) is 5.88 Å². The lowest BCUT2D eigenvalue weighted by atomic mass is 9.83. The van der Waals surface area contributed by atoms with E-state index in [-0.39, 0.29) is 34.8 Å². The van der Waals surface area contributed by atoms with Gasteiger partial charge in [0, 0.05) is 17.2 Å². The number of nitrogens with two attached hydrogens (primary N) is 1. The first-order chi connectivity index (χ1) is 14.3. The average molecular weight is 421 g/mol. The van der Waals surface area contributed by atoms with E-state index < -0.39 is 41.7 Å². The van der Waals surface area contributed by atoms with Gasteiger partial charge in [-0.25, -0.2) is 28.1 Å². The maximum absolute atomic E-state index is 15.0. The number of aromatic nitrogens is 2. The van der Waals surface area contributed by atoms with Gasteiger partial charge in [-0.15, -0.1) is 0 Å². The molecule has 3 atom stereocenters. The molecule has 1 aromatic carbocycles. The summed E-state index contributed by atoms with van der Waals surface area (Å²) in [5.74, 6) is -1.97. The van der Waals surface area contributed by atoms with Crippen LogP contribution in [0, 0.1) is 18.7 Å². The molecule has 1 saturated carbocycles. The number of anilines is 1. The number of amides is 1. The highest BCUT2D eigenvalue weighted by atomic mass is 19.3. The molecule has 2 aromatic rings. The molecule has 30 heavy (non-hydrogen) atoms. The Labute approximate surface area is 169 Å². The Bertz CT molecular complexity index is 1030. The van der Waals surface area contributed by atoms with Crippen molar-refractivity contribution in [3.05, 3.63) is 47.2 Å². The van der Waals surface area contributed by atoms with Crippen LogP contribution < -0.4 is 15.8 Å². The number of aryl methyl sites for hydroxylation is 1. The summed E-state index contributed by atoms with van der Waals surface area (Å²) in [6.07, 6.45) is -0.823. The van der Waals surface area contributed by atoms with E-state index in [4.69, 9.17) is 15.2 Å². The van der Waals surface area contributed by atoms with Gasteiger partial charge in [-0.2, -0.15) is 0 Å². The number of nitrogens with one attached hydrogen (secondary N) is 1. The Morgan fingerprint density at radius 3 is 2.77 bits per heavy atom. The summed E-state index contributed by atoms with van der Waals surface area (Å²) in [6, 6.07) is 2.08. The molecule has 11 heteroatoms. The predicted octanol–water partition coefficient (Wildman–Crippen LogP) is 2.38. The van der Waals surface area contributed by atoms with Crippen molar-refractivity contribution in [2.75, 3.05) is 12.4 Å². The highest BCUT2D eigenvalue weighted by Crippen LogP contribution is 2.56. The van der Waals surface area contributed by atoms with Gasteiger partial charge >= 0.3 is 0 Å². The highest BCUT2D eigenvalue weighted by molar-refractivity contribution is 6.02. The molecule has 0 saturated heterocycles. The quantitative estimate of drug-likeness (QED) is 0.767. The third-order valence-corrected chi connectivity index (χ3v) is 5.21. The molecule has 8 nitrogen and oxygen atoms in total. The molecule has 1 aliphatic carbocycles. The van der Waals surface area contributed by atoms with Crippen molar-refractivity contribution in [3.8, 4) is 5.88 Å². The summed E-state index contributed by atoms with van der Waals surface area (Å²) in [5.41, 5.74) is 3.22. The molecule has 1 unspecified atom stereocenters. The van der Waals surface area contributed by atoms with E-state index in [9.17, 15) is 13.6 Å². The number of ether oxygens (including phenoxy) is 2. The maximum Gasteiger partial charge on any atom is 0.283 e. The van der Waals surface area contributed by atoms with Gasteiger partial charge in [-0.05, 0) is 31.0 Å². The summed E-state index contributed by atoms with van der Waals surface area (Å²) >= 11 is 0. The monoisotopic (exact) mass is 421 g/mol. The van der Waals surface area contributed by atoms with E-state index in [1.807, 2.05) is 0 Å². The number of carbonyl (C=O) groups excluding carboxylic acids is 1. The van der Waals surface area contributed by atoms with Crippen molar-refractivity contribution < 1.29 is 27.4 Å². The molecule has 4 rings (SSSR count). The number of amidine groups is 1. The fourth-order valence-corrected chi connectivity index (χ4v) is 3.67. The minimum absolute atomic E-state index is 0.0292. The van der Waals surface area contributed by atoms with Gasteiger partial charge in [-0.3, -0.25) is 4.79 Å². The fourth-order valence-electron chi connectivity index (χ4n) is 3.67. The SMILES string of the molecule is COc1cnc(C(=O)Nc2cc(C)c(F)c([C@@]3(C(F)F)N=C(N)O[C@@H]4CC43)c2)cn1. The number of halogens is 3. The van der Waals surface area contributed by atoms with Crippen LogP contribution in [0.15, 0.2) is 29.5 Å². The van der Waals surface area contributed by atoms with Crippen LogP contribution in [0.1, 0.15) is 28.0 Å². The second-order valence-corrected chi connectivity index (χ2v) is 7.13. The standard InChI is InChI=1S/C19H18F3N5O3/c1-8-3-9(26-16(28)12-6-25-14(29-2)7-24-12)4-11(15(8)20)19(17(21)22)10-5-13(10)30-18(23)27-19/h3-4,6-7,10,13,17H,5H2,1-2H3,(H2,23,27)(H,26,28)/t10?,13-,19+/m1/s1. The summed E-state index contributed by atoms with van der Waals surface area (Å²) in [7, 11) is 1.40. The number of nitrogens with zero attached hydrogens (tertiary/aromatic N) is 3. The van der Waals surface area contributed by atoms with Crippen molar-refractivity contribution in [3.63, 3.8) is 0 Å². The van der Waals surface area contributed by atoms with Gasteiger partial charge in [0.05, 0.1) is 19.5 Å². The van der Waals surface area contributed by atoms with E-state index in [1.54, 1.807) is 0 Å². The summed E-state index contributed by atoms with van der Waals surface area (Å²) in [6.45, 7) is 1.41. The van der Waals surface area contributed by atoms with Gasteiger partial charge in [0.15, 0.2) is 5.54 Å². The number of methoxy groups -OCH3 is 1. The van der Waals surface area contributed by atoms with Crippen molar-refractivity contribution in [2.45, 2.75) is 31.4 Å². The lowest BCUT2D eigenvalue weighted by Crippen LogP contribution is -2.43. The molecule has 0 spiro atoms. The molecule has 2 heterocycles. The largest absolute Gasteiger partial charge is 0.480 e. The minimum Gasteiger partial charge on any atom is -0.480 e. The van der Waals surface area contributed by atoms with Crippen LogP contribution in [0.25, 0.3) is 0 Å². The van der Waals surface area contributed by atoms with Gasteiger partial charge < -0.3 is 20.5 Å². The first-order valence-corrected chi connectivity index (χ1v) is 9.04. The zero-order valence-electron chi connectivity index (χ0n) is 16.0. The third kappa shape index (κ3) is 3.19. The number of hydrogen-bond acceptors (Lipinski definition) is 7. The lowest BCUT2D eigenvalue weighted by Gasteiger charge is -2.33. The van der Waals surface area contributed by atoms with Crippen LogP contribution in [0.2, 0.25) is 0 Å². The minimum atomic E-state index is -3.03. The van der Waals surface area contributed by atoms with Crippen LogP contribution in [0.4, 0.5) is 18.9 Å². The topological polar surface area (TPSA) is 112 Å². The summed E-state index contributed by atoms with van der Waals surface area (Å²) in [5, 5.41) is 2.53. The van der Waals surface area contributed by atoms with Crippen LogP contribution in [0.3, 0.4) is 0 Å². The van der Waals surface area contributed by atoms with Crippen molar-refractivity contribution in [1.82, 2.24) is 9.97 Å². The Kier molecular flexibility index (Phi) is 4.75. The third-order valence-electron chi connectivity index (χ3n) is 5.21. The van der Waals surface area contributed by atoms with Gasteiger partial charge in [0.25, 0.3) is 18.4 Å². The molecule has 0 bridgehead atoms. The van der Waals surface area contributed by atoms with E-state index >= 15 is 4.39 Å². The van der Waals surface area contributed by atoms with Crippen LogP contribution >= 0.6 is 0 Å². The lowest BCUT2D eigenvalue weighted by molar-refractivity contribution is 0.0176. The average Bonchev–Trinajstić information content (AvgIpc) is 3.49. The smallest absolute Gasteiger partial charge is 0.283 e. The Balaban J connectivity index is 1.72. The number of fused-ring (bicyclic) bond motifs is 1. The predicted molar refractivity (Wildman–Crippen MR) is 100.0 cm³/mol. The van der Waals surface area contributed by atoms with Gasteiger partial charge in [-0.1, -0.05) is 0 Å². The first-order valence-electron chi connectivity index (χ1n) is 9.04. The van der Waals surface area contributed by atoms with E-state index in [0.29, 0.717) is 0 Å². The normalized spacial score (nSPS) is 24.5. The molecule has 3 N–H and O–H groups in total. The van der Waals surface area contributed by atoms with Gasteiger partial charge in [0.2, 0.25) is 5.88 Å². The number of carbonyl (C=O) groups is 1. The number of aliphatic imine (C=N–C) groups is 1. The van der Waals surface area contributed by atoms with Gasteiger partial charge in [0.1, 0.15) is 17.6 Å². The van der Waals surface area contributed by atoms with E-state index in [0.717, 1.165) is 6.07 Å². The summed E-state index contributed by atoms with van der Waals surface area (Å²) < 4.78 is 53.6. The zero-order chi connectivity index (χ0) is 21.6. The second-order valence-electron chi connectivity index (χ2n) is 7.13. The molecule has 1 fully saturated rings. The molecule has 1 amide bonds. The molecular formula is C19H18F3N5O3. The number of hydrogen-bond donors (Lipinski definition) is 2. The molecule has 0 radical (unpaired) electrons. The van der Waals surface area contributed by atoms with Crippen molar-refractivity contribution in [1.29, 1.82) is 0 Å². The van der Waals surface area contributed by atoms with E-state index in [1.165, 1.54) is 32.5 Å². The number of alkyl halides is 2. The number of benzene rings is 1. The highest BCUT2D eigenvalue weighted by Gasteiger charge is 2.64. The number of rotatable bonds is 5. The molecule has 1 aromatic heterocycles. The maximum atomic E-state index is 15.0. The zero-order valence-corrected chi connectivity index (χ0v) is 16.0. The Morgan fingerprint density at radius 2 is 2.13 bits per heavy atom. The Hall–Kier alpha value is -3.37. The summed E-state index contributed by atoms with van der Waals surface area (Å²) in [4.78, 5) is 24.1. The fraction of sp³-hybridized carbons (Fsp3) is 0.368. The Morgan fingerprint density at radius 1 is 1.37 bits per heavy atom. The molecular weight excluding hydrogens is 403 g/mol. The molecule has 2 aliphatic rings. The van der Waals surface area contributed by atoms with Crippen LogP contribution in [-0.4, -0.2) is 41.5 Å². The molecule has 158 valence electrons. The van der Waals surface area contributed by atoms with Crippen molar-refractivity contribution >= 4 is 17.6 Å². The van der Waals surface area contributed by atoms with Crippen LogP contribution in [-0.2, 0) is 10.3 Å².